The number of thiocarbonyl (C=S) groups is 1. The van der Waals surface area contributed by atoms with Crippen LogP contribution < -0.4 is 56.7 Å². The first-order valence-corrected chi connectivity index (χ1v) is 3.16. The van der Waals surface area contributed by atoms with Gasteiger partial charge in [-0.05, 0) is 0 Å². The Kier molecular flexibility index (Phi) is 29.2. The van der Waals surface area contributed by atoms with Crippen LogP contribution in [0.5, 0.6) is 0 Å². The van der Waals surface area contributed by atoms with Crippen LogP contribution in [0.15, 0.2) is 0 Å². The molecule has 0 saturated heterocycles. The van der Waals surface area contributed by atoms with Gasteiger partial charge in [0.1, 0.15) is 4.32 Å². The number of thiol groups is 1. The maximum absolute atomic E-state index is 7.74. The van der Waals surface area contributed by atoms with Crippen LogP contribution in [0.1, 0.15) is 13.8 Å². The number of hydrogen-bond donors (Lipinski definition) is 2. The molecule has 0 aromatic rings. The Balaban J connectivity index is -0.000000107. The number of nitriles is 1. The molecule has 0 rings (SSSR count). The summed E-state index contributed by atoms with van der Waals surface area (Å²) in [6.45, 7) is 4.00. The molecule has 0 bridgehead atoms. The van der Waals surface area contributed by atoms with E-state index in [2.05, 4.69) is 30.2 Å². The second kappa shape index (κ2) is 16.8. The molecular weight excluding hydrogens is 191 g/mol. The molecule has 0 heterocycles. The van der Waals surface area contributed by atoms with Gasteiger partial charge in [0.05, 0.1) is 0 Å². The third-order valence-corrected chi connectivity index (χ3v) is 0.377. The maximum Gasteiger partial charge on any atom is 1.00 e. The molecule has 0 saturated carbocycles. The van der Waals surface area contributed by atoms with Gasteiger partial charge in [-0.15, -0.1) is 12.6 Å². The first-order valence-electron chi connectivity index (χ1n) is 2.31. The normalized spacial score (nSPS) is 5.40. The van der Waals surface area contributed by atoms with E-state index in [1.54, 1.807) is 6.19 Å². The van der Waals surface area contributed by atoms with Crippen molar-refractivity contribution in [3.05, 3.63) is 6.42 Å². The number of nitrogens with one attached hydrogen (secondary N) is 1. The van der Waals surface area contributed by atoms with Gasteiger partial charge >= 0.3 is 51.4 Å². The SMILES string of the molecule is C[CH-]C.N#CNC(=S)S.[K+]. The molecule has 1 N–H and O–H groups in total. The van der Waals surface area contributed by atoms with E-state index in [0.717, 1.165) is 0 Å². The molecule has 10 heavy (non-hydrogen) atoms. The Morgan fingerprint density at radius 3 is 2.00 bits per heavy atom. The standard InChI is InChI=1S/C3H7.C2H2N2S2.K/c1-3-2;3-1-4-2(5)6;/h3H,1-2H3;(H2,4,5,6);/q-1;;+1. The Hall–Kier alpha value is 1.37. The van der Waals surface area contributed by atoms with Gasteiger partial charge in [-0.3, -0.25) is 5.32 Å². The molecule has 0 aliphatic carbocycles. The first-order chi connectivity index (χ1) is 4.18. The summed E-state index contributed by atoms with van der Waals surface area (Å²) < 4.78 is 0.206. The predicted molar refractivity (Wildman–Crippen MR) is 46.0 cm³/mol. The number of nitrogens with zero attached hydrogens (tertiary/aromatic N) is 1. The molecular formula is C5H9KN2S2. The van der Waals surface area contributed by atoms with Gasteiger partial charge in [0.15, 0.2) is 6.19 Å². The van der Waals surface area contributed by atoms with Crippen molar-refractivity contribution in [3.63, 3.8) is 0 Å². The van der Waals surface area contributed by atoms with Crippen molar-refractivity contribution < 1.29 is 51.4 Å². The Labute approximate surface area is 116 Å². The van der Waals surface area contributed by atoms with E-state index in [9.17, 15) is 0 Å². The minimum atomic E-state index is 0. The van der Waals surface area contributed by atoms with Gasteiger partial charge in [-0.25, -0.2) is 0 Å². The molecule has 0 unspecified atom stereocenters. The van der Waals surface area contributed by atoms with E-state index in [-0.39, 0.29) is 55.7 Å². The van der Waals surface area contributed by atoms with Crippen LogP contribution >= 0.6 is 24.8 Å². The molecule has 0 aliphatic heterocycles. The summed E-state index contributed by atoms with van der Waals surface area (Å²) in [5.74, 6) is 0. The summed E-state index contributed by atoms with van der Waals surface area (Å²) in [6.07, 6.45) is 3.60. The summed E-state index contributed by atoms with van der Waals surface area (Å²) in [7, 11) is 0. The largest absolute Gasteiger partial charge is 1.00 e. The van der Waals surface area contributed by atoms with Crippen molar-refractivity contribution in [2.24, 2.45) is 0 Å². The van der Waals surface area contributed by atoms with E-state index in [4.69, 9.17) is 5.26 Å². The van der Waals surface area contributed by atoms with Crippen LogP contribution in [0.4, 0.5) is 0 Å². The first kappa shape index (κ1) is 17.5. The molecule has 0 aromatic heterocycles. The van der Waals surface area contributed by atoms with Gasteiger partial charge in [0.2, 0.25) is 0 Å². The summed E-state index contributed by atoms with van der Waals surface area (Å²) in [5.41, 5.74) is 0. The maximum atomic E-state index is 7.74. The summed E-state index contributed by atoms with van der Waals surface area (Å²) >= 11 is 7.90. The van der Waals surface area contributed by atoms with Crippen LogP contribution in [0, 0.1) is 17.9 Å². The third-order valence-electron chi connectivity index (χ3n) is 0.163. The van der Waals surface area contributed by atoms with Crippen molar-refractivity contribution in [2.45, 2.75) is 13.8 Å². The Morgan fingerprint density at radius 1 is 1.70 bits per heavy atom. The monoisotopic (exact) mass is 200 g/mol. The van der Waals surface area contributed by atoms with Crippen LogP contribution in [-0.2, 0) is 0 Å². The van der Waals surface area contributed by atoms with Crippen LogP contribution in [0.3, 0.4) is 0 Å². The van der Waals surface area contributed by atoms with Gasteiger partial charge in [0, 0.05) is 0 Å². The smallest absolute Gasteiger partial charge is 0.335 e. The van der Waals surface area contributed by atoms with Crippen molar-refractivity contribution in [1.29, 1.82) is 5.26 Å². The van der Waals surface area contributed by atoms with E-state index in [1.165, 1.54) is 0 Å². The molecule has 0 spiro atoms. The zero-order valence-electron chi connectivity index (χ0n) is 6.38. The number of rotatable bonds is 0. The van der Waals surface area contributed by atoms with Crippen LogP contribution in [-0.4, -0.2) is 4.32 Å². The van der Waals surface area contributed by atoms with Crippen LogP contribution in [0.25, 0.3) is 0 Å². The Morgan fingerprint density at radius 2 is 2.00 bits per heavy atom. The second-order valence-corrected chi connectivity index (χ2v) is 2.28. The predicted octanol–water partition coefficient (Wildman–Crippen LogP) is -1.49. The van der Waals surface area contributed by atoms with Crippen LogP contribution in [0.2, 0.25) is 0 Å². The molecule has 5 heteroatoms. The molecule has 0 amide bonds. The molecule has 52 valence electrons. The summed E-state index contributed by atoms with van der Waals surface area (Å²) in [6, 6.07) is 0. The van der Waals surface area contributed by atoms with E-state index in [1.807, 2.05) is 20.3 Å². The fourth-order valence-electron chi connectivity index (χ4n) is 0.0478. The molecule has 2 nitrogen and oxygen atoms in total. The molecule has 0 atom stereocenters. The minimum Gasteiger partial charge on any atom is -0.335 e. The fourth-order valence-corrected chi connectivity index (χ4v) is 0.143. The zero-order chi connectivity index (χ0) is 7.70. The zero-order valence-corrected chi connectivity index (χ0v) is 11.2. The van der Waals surface area contributed by atoms with Gasteiger partial charge in [-0.2, -0.15) is 19.1 Å². The average molecular weight is 200 g/mol. The summed E-state index contributed by atoms with van der Waals surface area (Å²) in [4.78, 5) is 0. The molecule has 0 aromatic carbocycles. The number of hydrogen-bond acceptors (Lipinski definition) is 2. The quantitative estimate of drug-likeness (QED) is 0.125. The van der Waals surface area contributed by atoms with Crippen molar-refractivity contribution >= 4 is 29.2 Å². The Bertz CT molecular complexity index is 111. The second-order valence-electron chi connectivity index (χ2n) is 1.12. The van der Waals surface area contributed by atoms with Crippen molar-refractivity contribution in [3.8, 4) is 6.19 Å². The molecule has 0 radical (unpaired) electrons. The molecule has 0 aliphatic rings. The van der Waals surface area contributed by atoms with E-state index < -0.39 is 0 Å². The minimum absolute atomic E-state index is 0. The van der Waals surface area contributed by atoms with Crippen molar-refractivity contribution in [1.82, 2.24) is 5.32 Å². The van der Waals surface area contributed by atoms with E-state index in [0.29, 0.717) is 0 Å². The van der Waals surface area contributed by atoms with Gasteiger partial charge in [0.25, 0.3) is 0 Å². The molecule has 0 fully saturated rings. The topological polar surface area (TPSA) is 35.8 Å². The average Bonchev–Trinajstić information content (AvgIpc) is 1.67. The fraction of sp³-hybridized carbons (Fsp3) is 0.400. The van der Waals surface area contributed by atoms with Crippen molar-refractivity contribution in [2.75, 3.05) is 0 Å². The van der Waals surface area contributed by atoms with E-state index >= 15 is 0 Å². The van der Waals surface area contributed by atoms with Gasteiger partial charge < -0.3 is 6.42 Å². The summed E-state index contributed by atoms with van der Waals surface area (Å²) in [5, 5.41) is 9.85. The van der Waals surface area contributed by atoms with Gasteiger partial charge in [-0.1, -0.05) is 12.2 Å². The third kappa shape index (κ3) is 34.4.